The van der Waals surface area contributed by atoms with Crippen molar-refractivity contribution >= 4 is 16.8 Å². The zero-order valence-corrected chi connectivity index (χ0v) is 18.0. The molecule has 4 aromatic carbocycles. The molecule has 0 amide bonds. The van der Waals surface area contributed by atoms with Gasteiger partial charge in [0.05, 0.1) is 20.8 Å². The van der Waals surface area contributed by atoms with Gasteiger partial charge in [-0.25, -0.2) is 0 Å². The van der Waals surface area contributed by atoms with Crippen LogP contribution in [0.1, 0.15) is 22.3 Å². The average Bonchev–Trinajstić information content (AvgIpc) is 2.87. The third-order valence-electron chi connectivity index (χ3n) is 6.12. The van der Waals surface area contributed by atoms with E-state index in [4.69, 9.17) is 14.2 Å². The number of methoxy groups -OCH3 is 2. The van der Waals surface area contributed by atoms with Crippen LogP contribution < -0.4 is 14.2 Å². The minimum absolute atomic E-state index is 0.00231. The molecule has 0 saturated carbocycles. The van der Waals surface area contributed by atoms with Gasteiger partial charge in [0, 0.05) is 16.7 Å². The van der Waals surface area contributed by atoms with Gasteiger partial charge in [0.2, 0.25) is 0 Å². The van der Waals surface area contributed by atoms with E-state index in [1.807, 2.05) is 72.8 Å². The number of rotatable bonds is 5. The van der Waals surface area contributed by atoms with E-state index in [9.17, 15) is 5.11 Å². The highest BCUT2D eigenvalue weighted by molar-refractivity contribution is 5.95. The summed E-state index contributed by atoms with van der Waals surface area (Å²) < 4.78 is 17.5. The van der Waals surface area contributed by atoms with E-state index in [1.165, 1.54) is 0 Å². The summed E-state index contributed by atoms with van der Waals surface area (Å²) in [5, 5.41) is 11.8. The fourth-order valence-corrected chi connectivity index (χ4v) is 4.39. The number of hydrogen-bond acceptors (Lipinski definition) is 4. The van der Waals surface area contributed by atoms with E-state index in [0.29, 0.717) is 0 Å². The Bertz CT molecular complexity index is 1240. The molecule has 4 heteroatoms. The van der Waals surface area contributed by atoms with Crippen molar-refractivity contribution in [1.29, 1.82) is 0 Å². The summed E-state index contributed by atoms with van der Waals surface area (Å²) in [6, 6.07) is 25.9. The third kappa shape index (κ3) is 3.20. The molecule has 1 aliphatic heterocycles. The van der Waals surface area contributed by atoms with E-state index in [-0.39, 0.29) is 6.61 Å². The monoisotopic (exact) mass is 424 g/mol. The molecular formula is C28H24O4. The maximum Gasteiger partial charge on any atom is 0.178 e. The summed E-state index contributed by atoms with van der Waals surface area (Å²) in [4.78, 5) is 0. The van der Waals surface area contributed by atoms with E-state index in [1.54, 1.807) is 14.2 Å². The number of benzene rings is 4. The lowest BCUT2D eigenvalue weighted by Crippen LogP contribution is -2.34. The van der Waals surface area contributed by atoms with Crippen LogP contribution in [-0.4, -0.2) is 19.3 Å². The molecule has 1 heterocycles. The highest BCUT2D eigenvalue weighted by Gasteiger charge is 2.37. The first-order valence-electron chi connectivity index (χ1n) is 10.5. The summed E-state index contributed by atoms with van der Waals surface area (Å²) in [5.74, 6) is 2.38. The Kier molecular flexibility index (Phi) is 5.08. The molecule has 0 saturated heterocycles. The Balaban J connectivity index is 1.69. The van der Waals surface area contributed by atoms with E-state index < -0.39 is 5.60 Å². The van der Waals surface area contributed by atoms with Crippen LogP contribution in [0.4, 0.5) is 0 Å². The second-order valence-electron chi connectivity index (χ2n) is 7.78. The van der Waals surface area contributed by atoms with Gasteiger partial charge in [0.1, 0.15) is 17.2 Å². The SMILES string of the molecule is COc1ccc(C2(c3ccc(OC)cc3)C=Cc3c(ccc4c(CO)cccc34)O2)cc1. The Labute approximate surface area is 187 Å². The molecule has 160 valence electrons. The maximum absolute atomic E-state index is 9.74. The summed E-state index contributed by atoms with van der Waals surface area (Å²) in [6.07, 6.45) is 4.22. The zero-order chi connectivity index (χ0) is 22.1. The van der Waals surface area contributed by atoms with Gasteiger partial charge < -0.3 is 19.3 Å². The molecule has 0 bridgehead atoms. The quantitative estimate of drug-likeness (QED) is 0.447. The molecule has 0 aromatic heterocycles. The topological polar surface area (TPSA) is 47.9 Å². The summed E-state index contributed by atoms with van der Waals surface area (Å²) in [7, 11) is 3.32. The van der Waals surface area contributed by atoms with Gasteiger partial charge in [-0.15, -0.1) is 0 Å². The molecule has 0 aliphatic carbocycles. The lowest BCUT2D eigenvalue weighted by molar-refractivity contribution is 0.161. The second kappa shape index (κ2) is 8.06. The van der Waals surface area contributed by atoms with Gasteiger partial charge in [0.15, 0.2) is 5.60 Å². The van der Waals surface area contributed by atoms with E-state index in [0.717, 1.165) is 50.3 Å². The lowest BCUT2D eigenvalue weighted by atomic mass is 9.83. The first-order chi connectivity index (χ1) is 15.7. The molecule has 32 heavy (non-hydrogen) atoms. The Morgan fingerprint density at radius 1 is 0.750 bits per heavy atom. The summed E-state index contributed by atoms with van der Waals surface area (Å²) in [5.41, 5.74) is 3.11. The maximum atomic E-state index is 9.74. The van der Waals surface area contributed by atoms with Crippen molar-refractivity contribution in [3.8, 4) is 17.2 Å². The second-order valence-corrected chi connectivity index (χ2v) is 7.78. The molecule has 5 rings (SSSR count). The van der Waals surface area contributed by atoms with Crippen molar-refractivity contribution in [2.75, 3.05) is 14.2 Å². The molecule has 4 nitrogen and oxygen atoms in total. The molecule has 1 N–H and O–H groups in total. The highest BCUT2D eigenvalue weighted by Crippen LogP contribution is 2.45. The van der Waals surface area contributed by atoms with Crippen molar-refractivity contribution in [2.45, 2.75) is 12.2 Å². The van der Waals surface area contributed by atoms with Crippen LogP contribution in [-0.2, 0) is 12.2 Å². The van der Waals surface area contributed by atoms with Gasteiger partial charge in [-0.1, -0.05) is 48.5 Å². The van der Waals surface area contributed by atoms with Gasteiger partial charge in [-0.3, -0.25) is 0 Å². The van der Waals surface area contributed by atoms with Gasteiger partial charge >= 0.3 is 0 Å². The number of aliphatic hydroxyl groups excluding tert-OH is 1. The van der Waals surface area contributed by atoms with Crippen molar-refractivity contribution in [1.82, 2.24) is 0 Å². The van der Waals surface area contributed by atoms with E-state index in [2.05, 4.69) is 18.2 Å². The Morgan fingerprint density at radius 2 is 1.38 bits per heavy atom. The standard InChI is InChI=1S/C28H24O4/c1-30-22-10-6-20(7-11-22)28(21-8-12-23(31-2)13-9-21)17-16-26-25-5-3-4-19(18-29)24(25)14-15-27(26)32-28/h3-17,29H,18H2,1-2H3. The number of fused-ring (bicyclic) bond motifs is 3. The van der Waals surface area contributed by atoms with Crippen LogP contribution in [0.3, 0.4) is 0 Å². The molecule has 0 atom stereocenters. The smallest absolute Gasteiger partial charge is 0.178 e. The first-order valence-corrected chi connectivity index (χ1v) is 10.5. The van der Waals surface area contributed by atoms with Gasteiger partial charge in [-0.05, 0) is 58.8 Å². The van der Waals surface area contributed by atoms with E-state index >= 15 is 0 Å². The Morgan fingerprint density at radius 3 is 1.94 bits per heavy atom. The number of ether oxygens (including phenoxy) is 3. The third-order valence-corrected chi connectivity index (χ3v) is 6.12. The van der Waals surface area contributed by atoms with Gasteiger partial charge in [0.25, 0.3) is 0 Å². The van der Waals surface area contributed by atoms with Crippen LogP contribution in [0.25, 0.3) is 16.8 Å². The fourth-order valence-electron chi connectivity index (χ4n) is 4.39. The van der Waals surface area contributed by atoms with Crippen LogP contribution in [0.5, 0.6) is 17.2 Å². The molecule has 0 unspecified atom stereocenters. The minimum atomic E-state index is -0.798. The molecule has 0 spiro atoms. The number of aliphatic hydroxyl groups is 1. The van der Waals surface area contributed by atoms with Crippen LogP contribution in [0.15, 0.2) is 84.9 Å². The zero-order valence-electron chi connectivity index (χ0n) is 18.0. The molecule has 0 radical (unpaired) electrons. The van der Waals surface area contributed by atoms with Crippen molar-refractivity contribution < 1.29 is 19.3 Å². The molecular weight excluding hydrogens is 400 g/mol. The van der Waals surface area contributed by atoms with Crippen LogP contribution in [0, 0.1) is 0 Å². The summed E-state index contributed by atoms with van der Waals surface area (Å²) in [6.45, 7) is 0.00231. The first kappa shape index (κ1) is 20.2. The van der Waals surface area contributed by atoms with Crippen LogP contribution >= 0.6 is 0 Å². The van der Waals surface area contributed by atoms with Crippen molar-refractivity contribution in [3.63, 3.8) is 0 Å². The van der Waals surface area contributed by atoms with Crippen molar-refractivity contribution in [3.05, 3.63) is 107 Å². The lowest BCUT2D eigenvalue weighted by Gasteiger charge is -2.36. The van der Waals surface area contributed by atoms with Gasteiger partial charge in [-0.2, -0.15) is 0 Å². The van der Waals surface area contributed by atoms with Crippen molar-refractivity contribution in [2.24, 2.45) is 0 Å². The normalized spacial score (nSPS) is 14.0. The minimum Gasteiger partial charge on any atom is -0.497 e. The molecule has 0 fully saturated rings. The number of hydrogen-bond donors (Lipinski definition) is 1. The van der Waals surface area contributed by atoms with Crippen LogP contribution in [0.2, 0.25) is 0 Å². The predicted molar refractivity (Wildman–Crippen MR) is 126 cm³/mol. The molecule has 1 aliphatic rings. The largest absolute Gasteiger partial charge is 0.497 e. The average molecular weight is 424 g/mol. The summed E-state index contributed by atoms with van der Waals surface area (Å²) >= 11 is 0. The Hall–Kier alpha value is -3.76. The highest BCUT2D eigenvalue weighted by atomic mass is 16.5. The molecule has 4 aromatic rings. The predicted octanol–water partition coefficient (Wildman–Crippen LogP) is 5.70. The fraction of sp³-hybridized carbons (Fsp3) is 0.143.